The van der Waals surface area contributed by atoms with Gasteiger partial charge in [0.05, 0.1) is 18.1 Å². The Morgan fingerprint density at radius 3 is 3.19 bits per heavy atom. The topological polar surface area (TPSA) is 50.4 Å². The number of Topliss-reactive ketones (excluding diaryl/α,β-unsaturated/α-hetero) is 1. The number of thioether (sulfide) groups is 1. The summed E-state index contributed by atoms with van der Waals surface area (Å²) in [7, 11) is 0. The maximum Gasteiger partial charge on any atom is 0.167 e. The molecule has 2 bridgehead atoms. The Morgan fingerprint density at radius 1 is 1.38 bits per heavy atom. The minimum absolute atomic E-state index is 0.0623. The molecule has 0 aromatic carbocycles. The molecule has 5 fully saturated rings. The molecule has 1 aliphatic carbocycles. The molecule has 4 heterocycles. The fourth-order valence-electron chi connectivity index (χ4n) is 4.42. The number of piperidine rings is 1. The first kappa shape index (κ1) is 8.91. The SMILES string of the molecule is O=C1C2NC3C(S2)C2NCCC4OC(C13)C42. The van der Waals surface area contributed by atoms with E-state index in [1.807, 2.05) is 11.8 Å². The van der Waals surface area contributed by atoms with Crippen LogP contribution >= 0.6 is 11.8 Å². The van der Waals surface area contributed by atoms with Crippen LogP contribution in [0.25, 0.3) is 0 Å². The fourth-order valence-corrected chi connectivity index (χ4v) is 6.13. The van der Waals surface area contributed by atoms with Gasteiger partial charge in [0.1, 0.15) is 5.37 Å². The number of carbonyl (C=O) groups is 1. The molecule has 8 atom stereocenters. The van der Waals surface area contributed by atoms with Crippen molar-refractivity contribution in [2.75, 3.05) is 6.54 Å². The van der Waals surface area contributed by atoms with E-state index in [2.05, 4.69) is 10.6 Å². The summed E-state index contributed by atoms with van der Waals surface area (Å²) in [6, 6.07) is 0.953. The van der Waals surface area contributed by atoms with Crippen molar-refractivity contribution in [1.82, 2.24) is 10.6 Å². The van der Waals surface area contributed by atoms with Crippen LogP contribution in [0.1, 0.15) is 6.42 Å². The van der Waals surface area contributed by atoms with Crippen LogP contribution in [-0.4, -0.2) is 47.2 Å². The Bertz CT molecular complexity index is 388. The molecule has 86 valence electrons. The molecule has 4 saturated heterocycles. The molecular formula is C11H14N2O2S. The van der Waals surface area contributed by atoms with Crippen molar-refractivity contribution in [2.45, 2.75) is 41.3 Å². The first-order valence-electron chi connectivity index (χ1n) is 6.19. The van der Waals surface area contributed by atoms with Gasteiger partial charge in [-0.1, -0.05) is 0 Å². The molecule has 0 aromatic heterocycles. The van der Waals surface area contributed by atoms with E-state index in [-0.39, 0.29) is 17.4 Å². The van der Waals surface area contributed by atoms with E-state index in [0.717, 1.165) is 13.0 Å². The molecule has 5 aliphatic rings. The quantitative estimate of drug-likeness (QED) is 0.587. The molecule has 4 nitrogen and oxygen atoms in total. The molecule has 2 N–H and O–H groups in total. The average molecular weight is 238 g/mol. The highest BCUT2D eigenvalue weighted by Crippen LogP contribution is 2.56. The van der Waals surface area contributed by atoms with Crippen LogP contribution in [0.4, 0.5) is 0 Å². The second-order valence-electron chi connectivity index (χ2n) is 5.59. The van der Waals surface area contributed by atoms with Crippen LogP contribution in [-0.2, 0) is 9.53 Å². The van der Waals surface area contributed by atoms with Crippen LogP contribution in [0.5, 0.6) is 0 Å². The summed E-state index contributed by atoms with van der Waals surface area (Å²) in [6.07, 6.45) is 1.78. The number of hydrogen-bond acceptors (Lipinski definition) is 5. The molecule has 0 spiro atoms. The third-order valence-corrected chi connectivity index (χ3v) is 6.58. The molecule has 5 heteroatoms. The standard InChI is InChI=1S/C11H14N2O2S/c14-8-5-7-10(16-11(8)13-7)6-4-3(1-2-12-6)15-9(4)5/h3-7,9-13H,1-2H2. The summed E-state index contributed by atoms with van der Waals surface area (Å²) in [5, 5.41) is 7.78. The number of carbonyl (C=O) groups excluding carboxylic acids is 1. The molecule has 16 heavy (non-hydrogen) atoms. The lowest BCUT2D eigenvalue weighted by Crippen LogP contribution is -2.74. The monoisotopic (exact) mass is 238 g/mol. The van der Waals surface area contributed by atoms with E-state index in [1.54, 1.807) is 0 Å². The van der Waals surface area contributed by atoms with Crippen molar-refractivity contribution in [1.29, 1.82) is 0 Å². The second kappa shape index (κ2) is 2.66. The van der Waals surface area contributed by atoms with Crippen molar-refractivity contribution in [2.24, 2.45) is 11.8 Å². The summed E-state index contributed by atoms with van der Waals surface area (Å²) in [4.78, 5) is 12.1. The minimum Gasteiger partial charge on any atom is -0.373 e. The molecule has 0 radical (unpaired) electrons. The van der Waals surface area contributed by atoms with Crippen LogP contribution in [0.3, 0.4) is 0 Å². The van der Waals surface area contributed by atoms with Crippen LogP contribution in [0.2, 0.25) is 0 Å². The summed E-state index contributed by atoms with van der Waals surface area (Å²) >= 11 is 1.85. The van der Waals surface area contributed by atoms with Gasteiger partial charge < -0.3 is 10.1 Å². The Balaban J connectivity index is 1.60. The number of rotatable bonds is 0. The Hall–Kier alpha value is -0.100. The molecule has 8 unspecified atom stereocenters. The van der Waals surface area contributed by atoms with E-state index >= 15 is 0 Å². The lowest BCUT2D eigenvalue weighted by Gasteiger charge is -2.60. The van der Waals surface area contributed by atoms with Crippen molar-refractivity contribution in [3.63, 3.8) is 0 Å². The summed E-state index contributed by atoms with van der Waals surface area (Å²) < 4.78 is 5.96. The highest BCUT2D eigenvalue weighted by Gasteiger charge is 2.69. The van der Waals surface area contributed by atoms with Crippen LogP contribution in [0, 0.1) is 11.8 Å². The minimum atomic E-state index is 0.0623. The van der Waals surface area contributed by atoms with Gasteiger partial charge in [-0.15, -0.1) is 11.8 Å². The Kier molecular flexibility index (Phi) is 1.48. The van der Waals surface area contributed by atoms with Gasteiger partial charge in [0.15, 0.2) is 5.78 Å². The van der Waals surface area contributed by atoms with Gasteiger partial charge in [-0.25, -0.2) is 0 Å². The van der Waals surface area contributed by atoms with Gasteiger partial charge in [-0.3, -0.25) is 10.1 Å². The zero-order valence-corrected chi connectivity index (χ0v) is 9.57. The predicted octanol–water partition coefficient (Wildman–Crippen LogP) is -0.656. The summed E-state index contributed by atoms with van der Waals surface area (Å²) in [5.41, 5.74) is 0. The molecule has 0 aromatic rings. The van der Waals surface area contributed by atoms with Crippen molar-refractivity contribution in [3.8, 4) is 0 Å². The van der Waals surface area contributed by atoms with E-state index in [4.69, 9.17) is 4.74 Å². The van der Waals surface area contributed by atoms with Crippen molar-refractivity contribution in [3.05, 3.63) is 0 Å². The van der Waals surface area contributed by atoms with Gasteiger partial charge in [-0.2, -0.15) is 0 Å². The first-order chi connectivity index (χ1) is 7.84. The van der Waals surface area contributed by atoms with Gasteiger partial charge in [-0.05, 0) is 13.0 Å². The molecule has 5 rings (SSSR count). The van der Waals surface area contributed by atoms with Gasteiger partial charge in [0, 0.05) is 23.3 Å². The normalized spacial score (nSPS) is 65.4. The maximum absolute atomic E-state index is 12.1. The van der Waals surface area contributed by atoms with E-state index in [1.165, 1.54) is 0 Å². The number of ketones is 1. The summed E-state index contributed by atoms with van der Waals surface area (Å²) in [6.45, 7) is 1.08. The van der Waals surface area contributed by atoms with Crippen LogP contribution in [0.15, 0.2) is 0 Å². The van der Waals surface area contributed by atoms with E-state index < -0.39 is 0 Å². The highest BCUT2D eigenvalue weighted by atomic mass is 32.2. The number of ether oxygens (including phenoxy) is 1. The Labute approximate surface area is 97.9 Å². The number of nitrogens with one attached hydrogen (secondary N) is 2. The van der Waals surface area contributed by atoms with E-state index in [9.17, 15) is 4.79 Å². The van der Waals surface area contributed by atoms with E-state index in [0.29, 0.717) is 35.1 Å². The van der Waals surface area contributed by atoms with Crippen molar-refractivity contribution >= 4 is 17.5 Å². The first-order valence-corrected chi connectivity index (χ1v) is 7.13. The molecule has 4 aliphatic heterocycles. The fraction of sp³-hybridized carbons (Fsp3) is 0.909. The molecule has 0 amide bonds. The zero-order chi connectivity index (χ0) is 10.4. The largest absolute Gasteiger partial charge is 0.373 e. The highest BCUT2D eigenvalue weighted by molar-refractivity contribution is 8.01. The van der Waals surface area contributed by atoms with Crippen molar-refractivity contribution < 1.29 is 9.53 Å². The second-order valence-corrected chi connectivity index (χ2v) is 6.87. The predicted molar refractivity (Wildman–Crippen MR) is 59.1 cm³/mol. The van der Waals surface area contributed by atoms with Crippen LogP contribution < -0.4 is 10.6 Å². The van der Waals surface area contributed by atoms with Gasteiger partial charge >= 0.3 is 0 Å². The smallest absolute Gasteiger partial charge is 0.167 e. The van der Waals surface area contributed by atoms with Gasteiger partial charge in [0.2, 0.25) is 0 Å². The van der Waals surface area contributed by atoms with Gasteiger partial charge in [0.25, 0.3) is 0 Å². The third-order valence-electron chi connectivity index (χ3n) is 5.04. The number of fused-ring (bicyclic) bond motifs is 3. The number of hydrogen-bond donors (Lipinski definition) is 2. The molecule has 1 saturated carbocycles. The average Bonchev–Trinajstić information content (AvgIpc) is 2.80. The zero-order valence-electron chi connectivity index (χ0n) is 8.76. The lowest BCUT2D eigenvalue weighted by atomic mass is 9.64. The maximum atomic E-state index is 12.1. The third kappa shape index (κ3) is 0.796. The summed E-state index contributed by atoms with van der Waals surface area (Å²) in [5.74, 6) is 1.17. The molecular weight excluding hydrogens is 224 g/mol. The lowest BCUT2D eigenvalue weighted by molar-refractivity contribution is -0.240. The Morgan fingerprint density at radius 2 is 2.31 bits per heavy atom.